The third kappa shape index (κ3) is 2.12. The van der Waals surface area contributed by atoms with Crippen LogP contribution in [0.5, 0.6) is 5.75 Å². The van der Waals surface area contributed by atoms with Crippen molar-refractivity contribution in [1.29, 1.82) is 0 Å². The number of phenolic OH excluding ortho intramolecular Hbond substituents is 1. The largest absolute Gasteiger partial charge is 0.502 e. The second kappa shape index (κ2) is 4.08. The van der Waals surface area contributed by atoms with Crippen molar-refractivity contribution >= 4 is 12.0 Å². The summed E-state index contributed by atoms with van der Waals surface area (Å²) in [6.07, 6.45) is 0.411. The highest BCUT2D eigenvalue weighted by Gasteiger charge is 2.19. The second-order valence-corrected chi connectivity index (χ2v) is 3.51. The Morgan fingerprint density at radius 2 is 2.07 bits per heavy atom. The summed E-state index contributed by atoms with van der Waals surface area (Å²) in [5, 5.41) is 20.0. The second-order valence-electron chi connectivity index (χ2n) is 3.51. The van der Waals surface area contributed by atoms with E-state index in [9.17, 15) is 20.0 Å². The summed E-state index contributed by atoms with van der Waals surface area (Å²) < 4.78 is 0. The van der Waals surface area contributed by atoms with Gasteiger partial charge in [0, 0.05) is 6.07 Å². The van der Waals surface area contributed by atoms with Crippen LogP contribution in [0.25, 0.3) is 0 Å². The molecule has 0 aliphatic rings. The molecular formula is C10H11NO4. The van der Waals surface area contributed by atoms with Crippen molar-refractivity contribution in [3.05, 3.63) is 33.4 Å². The van der Waals surface area contributed by atoms with Crippen LogP contribution >= 0.6 is 0 Å². The van der Waals surface area contributed by atoms with Gasteiger partial charge in [-0.05, 0) is 17.5 Å². The summed E-state index contributed by atoms with van der Waals surface area (Å²) in [5.74, 6) is -0.512. The molecule has 0 radical (unpaired) electrons. The van der Waals surface area contributed by atoms with Crippen LogP contribution in [-0.4, -0.2) is 16.3 Å². The number of rotatable bonds is 3. The standard InChI is InChI=1S/C10H11NO4/c1-6(2)7-3-8(5-12)10(13)9(4-7)11(14)15/h3-6,13H,1-2H3. The third-order valence-electron chi connectivity index (χ3n) is 2.13. The van der Waals surface area contributed by atoms with Crippen LogP contribution in [0.2, 0.25) is 0 Å². The van der Waals surface area contributed by atoms with E-state index in [4.69, 9.17) is 0 Å². The van der Waals surface area contributed by atoms with E-state index in [2.05, 4.69) is 0 Å². The van der Waals surface area contributed by atoms with Gasteiger partial charge in [-0.3, -0.25) is 14.9 Å². The van der Waals surface area contributed by atoms with Gasteiger partial charge in [-0.15, -0.1) is 0 Å². The summed E-state index contributed by atoms with van der Waals surface area (Å²) in [5.41, 5.74) is 0.179. The van der Waals surface area contributed by atoms with Crippen LogP contribution in [0.15, 0.2) is 12.1 Å². The predicted molar refractivity (Wildman–Crippen MR) is 54.2 cm³/mol. The number of nitro benzene ring substituents is 1. The number of carbonyl (C=O) groups is 1. The molecule has 0 amide bonds. The summed E-state index contributed by atoms with van der Waals surface area (Å²) in [7, 11) is 0. The molecule has 0 heterocycles. The lowest BCUT2D eigenvalue weighted by molar-refractivity contribution is -0.386. The zero-order valence-electron chi connectivity index (χ0n) is 8.43. The Kier molecular flexibility index (Phi) is 3.04. The number of hydrogen-bond acceptors (Lipinski definition) is 4. The van der Waals surface area contributed by atoms with E-state index in [1.165, 1.54) is 12.1 Å². The lowest BCUT2D eigenvalue weighted by Crippen LogP contribution is -1.96. The fraction of sp³-hybridized carbons (Fsp3) is 0.300. The number of phenols is 1. The number of nitro groups is 1. The molecule has 1 aromatic rings. The van der Waals surface area contributed by atoms with Gasteiger partial charge >= 0.3 is 5.69 Å². The molecule has 1 aromatic carbocycles. The molecule has 0 saturated heterocycles. The molecule has 0 unspecified atom stereocenters. The van der Waals surface area contributed by atoms with Crippen LogP contribution in [-0.2, 0) is 0 Å². The van der Waals surface area contributed by atoms with E-state index in [-0.39, 0.29) is 11.5 Å². The molecule has 80 valence electrons. The molecule has 0 bridgehead atoms. The molecule has 0 fully saturated rings. The molecule has 5 heteroatoms. The van der Waals surface area contributed by atoms with Gasteiger partial charge in [-0.25, -0.2) is 0 Å². The first-order valence-electron chi connectivity index (χ1n) is 4.43. The first kappa shape index (κ1) is 11.2. The average Bonchev–Trinajstić information content (AvgIpc) is 2.17. The highest BCUT2D eigenvalue weighted by Crippen LogP contribution is 2.32. The maximum atomic E-state index is 10.6. The van der Waals surface area contributed by atoms with Gasteiger partial charge in [0.05, 0.1) is 10.5 Å². The maximum Gasteiger partial charge on any atom is 0.311 e. The topological polar surface area (TPSA) is 80.4 Å². The summed E-state index contributed by atoms with van der Waals surface area (Å²) in [4.78, 5) is 20.5. The van der Waals surface area contributed by atoms with E-state index in [1.807, 2.05) is 13.8 Å². The number of carbonyl (C=O) groups excluding carboxylic acids is 1. The highest BCUT2D eigenvalue weighted by molar-refractivity contribution is 5.82. The van der Waals surface area contributed by atoms with Gasteiger partial charge in [0.15, 0.2) is 6.29 Å². The van der Waals surface area contributed by atoms with Crippen molar-refractivity contribution in [1.82, 2.24) is 0 Å². The number of benzene rings is 1. The van der Waals surface area contributed by atoms with Gasteiger partial charge in [0.2, 0.25) is 5.75 Å². The van der Waals surface area contributed by atoms with Gasteiger partial charge in [-0.1, -0.05) is 13.8 Å². The molecule has 0 atom stereocenters. The van der Waals surface area contributed by atoms with Crippen LogP contribution in [0.3, 0.4) is 0 Å². The Bertz CT molecular complexity index is 412. The molecule has 0 aliphatic heterocycles. The van der Waals surface area contributed by atoms with Crippen LogP contribution in [0.4, 0.5) is 5.69 Å². The molecule has 1 N–H and O–H groups in total. The fourth-order valence-electron chi connectivity index (χ4n) is 1.23. The normalized spacial score (nSPS) is 10.3. The zero-order chi connectivity index (χ0) is 11.6. The fourth-order valence-corrected chi connectivity index (χ4v) is 1.23. The van der Waals surface area contributed by atoms with E-state index in [0.29, 0.717) is 11.8 Å². The quantitative estimate of drug-likeness (QED) is 0.470. The van der Waals surface area contributed by atoms with Crippen LogP contribution in [0.1, 0.15) is 35.7 Å². The monoisotopic (exact) mass is 209 g/mol. The minimum Gasteiger partial charge on any atom is -0.502 e. The Labute approximate surface area is 86.5 Å². The molecule has 0 spiro atoms. The lowest BCUT2D eigenvalue weighted by atomic mass is 9.99. The molecule has 1 rings (SSSR count). The summed E-state index contributed by atoms with van der Waals surface area (Å²) in [6, 6.07) is 2.74. The number of nitrogens with zero attached hydrogens (tertiary/aromatic N) is 1. The van der Waals surface area contributed by atoms with Gasteiger partial charge < -0.3 is 5.11 Å². The molecule has 0 aromatic heterocycles. The Morgan fingerprint density at radius 1 is 1.47 bits per heavy atom. The Balaban J connectivity index is 3.45. The summed E-state index contributed by atoms with van der Waals surface area (Å²) >= 11 is 0. The van der Waals surface area contributed by atoms with Gasteiger partial charge in [0.1, 0.15) is 0 Å². The molecule has 0 saturated carbocycles. The average molecular weight is 209 g/mol. The van der Waals surface area contributed by atoms with Crippen molar-refractivity contribution in [3.63, 3.8) is 0 Å². The molecule has 0 aliphatic carbocycles. The molecule has 5 nitrogen and oxygen atoms in total. The summed E-state index contributed by atoms with van der Waals surface area (Å²) in [6.45, 7) is 3.70. The predicted octanol–water partition coefficient (Wildman–Crippen LogP) is 2.24. The van der Waals surface area contributed by atoms with Crippen molar-refractivity contribution in [2.75, 3.05) is 0 Å². The van der Waals surface area contributed by atoms with E-state index in [1.54, 1.807) is 0 Å². The minimum absolute atomic E-state index is 0.0482. The maximum absolute atomic E-state index is 10.6. The van der Waals surface area contributed by atoms with Crippen molar-refractivity contribution in [2.24, 2.45) is 0 Å². The molecular weight excluding hydrogens is 198 g/mol. The molecule has 15 heavy (non-hydrogen) atoms. The van der Waals surface area contributed by atoms with Crippen LogP contribution < -0.4 is 0 Å². The minimum atomic E-state index is -0.700. The lowest BCUT2D eigenvalue weighted by Gasteiger charge is -2.07. The zero-order valence-corrected chi connectivity index (χ0v) is 8.43. The van der Waals surface area contributed by atoms with Crippen LogP contribution in [0, 0.1) is 10.1 Å². The van der Waals surface area contributed by atoms with E-state index in [0.717, 1.165) is 0 Å². The Hall–Kier alpha value is -1.91. The smallest absolute Gasteiger partial charge is 0.311 e. The number of hydrogen-bond donors (Lipinski definition) is 1. The van der Waals surface area contributed by atoms with Gasteiger partial charge in [-0.2, -0.15) is 0 Å². The van der Waals surface area contributed by atoms with Crippen molar-refractivity contribution in [2.45, 2.75) is 19.8 Å². The third-order valence-corrected chi connectivity index (χ3v) is 2.13. The number of aromatic hydroxyl groups is 1. The first-order chi connectivity index (χ1) is 6.97. The van der Waals surface area contributed by atoms with Gasteiger partial charge in [0.25, 0.3) is 0 Å². The Morgan fingerprint density at radius 3 is 2.47 bits per heavy atom. The SMILES string of the molecule is CC(C)c1cc(C=O)c(O)c([N+](=O)[O-])c1. The van der Waals surface area contributed by atoms with Crippen molar-refractivity contribution in [3.8, 4) is 5.75 Å². The highest BCUT2D eigenvalue weighted by atomic mass is 16.6. The van der Waals surface area contributed by atoms with E-state index >= 15 is 0 Å². The van der Waals surface area contributed by atoms with E-state index < -0.39 is 16.4 Å². The van der Waals surface area contributed by atoms with Crippen molar-refractivity contribution < 1.29 is 14.8 Å². The first-order valence-corrected chi connectivity index (χ1v) is 4.43. The number of aldehydes is 1.